The third-order valence-corrected chi connectivity index (χ3v) is 4.15. The van der Waals surface area contributed by atoms with Crippen LogP contribution in [0.3, 0.4) is 0 Å². The second kappa shape index (κ2) is 3.96. The van der Waals surface area contributed by atoms with Crippen molar-refractivity contribution in [2.75, 3.05) is 5.32 Å². The molecule has 3 aromatic rings. The zero-order valence-electron chi connectivity index (χ0n) is 11.5. The van der Waals surface area contributed by atoms with Gasteiger partial charge in [-0.1, -0.05) is 36.4 Å². The fourth-order valence-corrected chi connectivity index (χ4v) is 3.23. The Morgan fingerprint density at radius 2 is 1.76 bits per heavy atom. The number of carbonyl (C=O) groups is 1. The van der Waals surface area contributed by atoms with E-state index in [1.54, 1.807) is 12.1 Å². The van der Waals surface area contributed by atoms with Gasteiger partial charge in [0.05, 0.1) is 0 Å². The van der Waals surface area contributed by atoms with E-state index in [9.17, 15) is 9.90 Å². The van der Waals surface area contributed by atoms with Gasteiger partial charge in [0.25, 0.3) is 5.91 Å². The first-order chi connectivity index (χ1) is 10.1. The lowest BCUT2D eigenvalue weighted by atomic mass is 9.85. The molecule has 1 amide bonds. The van der Waals surface area contributed by atoms with Gasteiger partial charge < -0.3 is 15.4 Å². The number of H-pyrrole nitrogens is 1. The molecule has 0 unspecified atom stereocenters. The molecule has 1 aliphatic heterocycles. The minimum absolute atomic E-state index is 0.406. The minimum Gasteiger partial charge on any atom is -0.372 e. The van der Waals surface area contributed by atoms with E-state index in [4.69, 9.17) is 0 Å². The fourth-order valence-electron chi connectivity index (χ4n) is 3.23. The number of aromatic nitrogens is 1. The molecule has 2 aromatic carbocycles. The number of rotatable bonds is 1. The largest absolute Gasteiger partial charge is 0.372 e. The number of aliphatic hydroxyl groups is 1. The Kier molecular flexibility index (Phi) is 2.30. The van der Waals surface area contributed by atoms with Crippen LogP contribution in [-0.2, 0) is 10.4 Å². The van der Waals surface area contributed by atoms with Gasteiger partial charge in [-0.05, 0) is 19.1 Å². The van der Waals surface area contributed by atoms with E-state index in [0.29, 0.717) is 16.8 Å². The van der Waals surface area contributed by atoms with Crippen LogP contribution in [0.4, 0.5) is 5.69 Å². The molecule has 1 atom stereocenters. The molecule has 21 heavy (non-hydrogen) atoms. The van der Waals surface area contributed by atoms with Crippen molar-refractivity contribution >= 4 is 22.5 Å². The van der Waals surface area contributed by atoms with Gasteiger partial charge in [-0.25, -0.2) is 0 Å². The minimum atomic E-state index is -1.65. The van der Waals surface area contributed by atoms with Crippen LogP contribution in [0.5, 0.6) is 0 Å². The molecule has 0 saturated heterocycles. The molecular weight excluding hydrogens is 264 g/mol. The molecule has 0 saturated carbocycles. The summed E-state index contributed by atoms with van der Waals surface area (Å²) in [5, 5.41) is 14.8. The van der Waals surface area contributed by atoms with Crippen LogP contribution < -0.4 is 5.32 Å². The second-order valence-corrected chi connectivity index (χ2v) is 5.38. The number of para-hydroxylation sites is 2. The molecule has 2 heterocycles. The van der Waals surface area contributed by atoms with Crippen molar-refractivity contribution in [2.24, 2.45) is 0 Å². The first-order valence-electron chi connectivity index (χ1n) is 6.83. The summed E-state index contributed by atoms with van der Waals surface area (Å²) in [6, 6.07) is 14.9. The Hall–Kier alpha value is -2.59. The van der Waals surface area contributed by atoms with Gasteiger partial charge in [-0.2, -0.15) is 0 Å². The van der Waals surface area contributed by atoms with Crippen LogP contribution in [0.2, 0.25) is 0 Å². The molecule has 4 nitrogen and oxygen atoms in total. The van der Waals surface area contributed by atoms with Crippen molar-refractivity contribution in [1.29, 1.82) is 0 Å². The van der Waals surface area contributed by atoms with Gasteiger partial charge in [0, 0.05) is 33.4 Å². The third kappa shape index (κ3) is 1.45. The molecule has 4 rings (SSSR count). The lowest BCUT2D eigenvalue weighted by Gasteiger charge is -2.21. The van der Waals surface area contributed by atoms with E-state index in [0.717, 1.165) is 16.6 Å². The van der Waals surface area contributed by atoms with Crippen LogP contribution in [0.15, 0.2) is 48.5 Å². The number of hydrogen-bond donors (Lipinski definition) is 3. The number of hydrogen-bond acceptors (Lipinski definition) is 2. The zero-order chi connectivity index (χ0) is 14.6. The van der Waals surface area contributed by atoms with Crippen LogP contribution in [0.1, 0.15) is 16.8 Å². The van der Waals surface area contributed by atoms with Crippen LogP contribution >= 0.6 is 0 Å². The van der Waals surface area contributed by atoms with Gasteiger partial charge in [0.1, 0.15) is 0 Å². The predicted octanol–water partition coefficient (Wildman–Crippen LogP) is 2.66. The van der Waals surface area contributed by atoms with Crippen molar-refractivity contribution in [1.82, 2.24) is 4.98 Å². The number of fused-ring (bicyclic) bond motifs is 2. The van der Waals surface area contributed by atoms with Gasteiger partial charge >= 0.3 is 0 Å². The van der Waals surface area contributed by atoms with E-state index < -0.39 is 11.5 Å². The summed E-state index contributed by atoms with van der Waals surface area (Å²) in [7, 11) is 0. The fraction of sp³-hybridized carbons (Fsp3) is 0.118. The monoisotopic (exact) mass is 278 g/mol. The lowest BCUT2D eigenvalue weighted by molar-refractivity contribution is -0.129. The molecular formula is C17H14N2O2. The summed E-state index contributed by atoms with van der Waals surface area (Å²) in [5.41, 5.74) is 1.94. The number of aromatic amines is 1. The molecule has 3 N–H and O–H groups in total. The second-order valence-electron chi connectivity index (χ2n) is 5.38. The highest BCUT2D eigenvalue weighted by atomic mass is 16.3. The molecule has 0 fully saturated rings. The summed E-state index contributed by atoms with van der Waals surface area (Å²) in [4.78, 5) is 15.7. The van der Waals surface area contributed by atoms with Gasteiger partial charge in [-0.15, -0.1) is 0 Å². The zero-order valence-corrected chi connectivity index (χ0v) is 11.5. The number of benzene rings is 2. The molecule has 0 bridgehead atoms. The Morgan fingerprint density at radius 3 is 2.62 bits per heavy atom. The average Bonchev–Trinajstić information content (AvgIpc) is 2.94. The Morgan fingerprint density at radius 1 is 1.05 bits per heavy atom. The Bertz CT molecular complexity index is 881. The van der Waals surface area contributed by atoms with Crippen molar-refractivity contribution in [3.8, 4) is 0 Å². The smallest absolute Gasteiger partial charge is 0.265 e. The van der Waals surface area contributed by atoms with Crippen LogP contribution in [-0.4, -0.2) is 16.0 Å². The maximum atomic E-state index is 12.5. The third-order valence-electron chi connectivity index (χ3n) is 4.15. The molecule has 0 spiro atoms. The summed E-state index contributed by atoms with van der Waals surface area (Å²) < 4.78 is 0. The highest BCUT2D eigenvalue weighted by Gasteiger charge is 2.48. The van der Waals surface area contributed by atoms with Crippen molar-refractivity contribution < 1.29 is 9.90 Å². The lowest BCUT2D eigenvalue weighted by Crippen LogP contribution is -2.35. The SMILES string of the molecule is Cc1[nH]c2ccccc2c1[C@@]1(O)C(=O)Nc2ccccc21. The summed E-state index contributed by atoms with van der Waals surface area (Å²) in [6.45, 7) is 1.88. The highest BCUT2D eigenvalue weighted by Crippen LogP contribution is 2.44. The van der Waals surface area contributed by atoms with E-state index in [1.165, 1.54) is 0 Å². The molecule has 1 aliphatic rings. The maximum absolute atomic E-state index is 12.5. The van der Waals surface area contributed by atoms with Gasteiger partial charge in [0.15, 0.2) is 5.60 Å². The molecule has 1 aromatic heterocycles. The van der Waals surface area contributed by atoms with Gasteiger partial charge in [0.2, 0.25) is 0 Å². The first-order valence-corrected chi connectivity index (χ1v) is 6.83. The number of carbonyl (C=O) groups excluding carboxylic acids is 1. The van der Waals surface area contributed by atoms with E-state index in [-0.39, 0.29) is 0 Å². The number of anilines is 1. The number of aryl methyl sites for hydroxylation is 1. The summed E-state index contributed by atoms with van der Waals surface area (Å²) in [6.07, 6.45) is 0. The van der Waals surface area contributed by atoms with Gasteiger partial charge in [-0.3, -0.25) is 4.79 Å². The van der Waals surface area contributed by atoms with Crippen molar-refractivity contribution in [3.63, 3.8) is 0 Å². The first kappa shape index (κ1) is 12.2. The van der Waals surface area contributed by atoms with Crippen LogP contribution in [0.25, 0.3) is 10.9 Å². The topological polar surface area (TPSA) is 65.1 Å². The number of nitrogens with one attached hydrogen (secondary N) is 2. The van der Waals surface area contributed by atoms with Crippen LogP contribution in [0, 0.1) is 6.92 Å². The molecule has 0 aliphatic carbocycles. The molecule has 104 valence electrons. The predicted molar refractivity (Wildman–Crippen MR) is 81.1 cm³/mol. The van der Waals surface area contributed by atoms with Crippen molar-refractivity contribution in [3.05, 3.63) is 65.4 Å². The normalized spacial score (nSPS) is 20.6. The average molecular weight is 278 g/mol. The van der Waals surface area contributed by atoms with E-state index in [2.05, 4.69) is 10.3 Å². The standard InChI is InChI=1S/C17H14N2O2/c1-10-15(11-6-2-4-8-13(11)18-10)17(21)12-7-3-5-9-14(12)19-16(17)20/h2-9,18,21H,1H3,(H,19,20)/t17-/m1/s1. The Balaban J connectivity index is 2.08. The number of amides is 1. The quantitative estimate of drug-likeness (QED) is 0.640. The Labute approximate surface area is 121 Å². The summed E-state index contributed by atoms with van der Waals surface area (Å²) in [5.74, 6) is -0.406. The summed E-state index contributed by atoms with van der Waals surface area (Å²) >= 11 is 0. The van der Waals surface area contributed by atoms with E-state index in [1.807, 2.05) is 43.3 Å². The molecule has 4 heteroatoms. The van der Waals surface area contributed by atoms with Crippen molar-refractivity contribution in [2.45, 2.75) is 12.5 Å². The maximum Gasteiger partial charge on any atom is 0.265 e. The highest BCUT2D eigenvalue weighted by molar-refractivity contribution is 6.09. The molecule has 0 radical (unpaired) electrons. The van der Waals surface area contributed by atoms with E-state index >= 15 is 0 Å².